The zero-order valence-corrected chi connectivity index (χ0v) is 10.1. The number of aromatic nitrogens is 1. The number of aromatic carboxylic acids is 1. The standard InChI is InChI=1S/C8H12N2O3S.ClH/c1-10(3-4-13-2)8-9-6(5-14-8)7(11)12;/h5H,3-4H2,1-2H3,(H,11,12);1H. The number of likely N-dealkylation sites (N-methyl/N-ethyl adjacent to an activating group) is 1. The van der Waals surface area contributed by atoms with E-state index in [-0.39, 0.29) is 18.1 Å². The first-order valence-corrected chi connectivity index (χ1v) is 4.92. The third kappa shape index (κ3) is 4.03. The number of hydrogen-bond acceptors (Lipinski definition) is 5. The molecule has 1 aromatic heterocycles. The summed E-state index contributed by atoms with van der Waals surface area (Å²) < 4.78 is 4.91. The Morgan fingerprint density at radius 3 is 2.87 bits per heavy atom. The predicted molar refractivity (Wildman–Crippen MR) is 61.5 cm³/mol. The van der Waals surface area contributed by atoms with Gasteiger partial charge in [0.15, 0.2) is 10.8 Å². The summed E-state index contributed by atoms with van der Waals surface area (Å²) in [5, 5.41) is 10.9. The molecule has 0 aromatic carbocycles. The van der Waals surface area contributed by atoms with Gasteiger partial charge in [-0.15, -0.1) is 23.7 Å². The molecule has 86 valence electrons. The van der Waals surface area contributed by atoms with E-state index in [1.165, 1.54) is 16.7 Å². The molecule has 15 heavy (non-hydrogen) atoms. The molecule has 1 aromatic rings. The summed E-state index contributed by atoms with van der Waals surface area (Å²) in [5.74, 6) is -0.993. The van der Waals surface area contributed by atoms with Gasteiger partial charge in [-0.2, -0.15) is 0 Å². The van der Waals surface area contributed by atoms with Crippen molar-refractivity contribution in [2.75, 3.05) is 32.2 Å². The molecular formula is C8H13ClN2O3S. The number of ether oxygens (including phenoxy) is 1. The Labute approximate surface area is 98.1 Å². The van der Waals surface area contributed by atoms with Crippen LogP contribution in [-0.2, 0) is 4.74 Å². The molecule has 0 radical (unpaired) electrons. The SMILES string of the molecule is COCCN(C)c1nc(C(=O)O)cs1.Cl. The second-order valence-corrected chi connectivity index (χ2v) is 3.57. The van der Waals surface area contributed by atoms with Crippen LogP contribution in [0.4, 0.5) is 5.13 Å². The normalized spacial score (nSPS) is 9.47. The first-order valence-electron chi connectivity index (χ1n) is 4.04. The van der Waals surface area contributed by atoms with E-state index in [1.807, 2.05) is 11.9 Å². The lowest BCUT2D eigenvalue weighted by Gasteiger charge is -2.14. The molecule has 0 unspecified atom stereocenters. The molecule has 1 heterocycles. The molecule has 0 atom stereocenters. The van der Waals surface area contributed by atoms with E-state index < -0.39 is 5.97 Å². The van der Waals surface area contributed by atoms with Crippen LogP contribution in [0.3, 0.4) is 0 Å². The van der Waals surface area contributed by atoms with Crippen molar-refractivity contribution >= 4 is 34.8 Å². The van der Waals surface area contributed by atoms with Crippen LogP contribution in [-0.4, -0.2) is 43.4 Å². The first kappa shape index (κ1) is 14.2. The zero-order valence-electron chi connectivity index (χ0n) is 8.47. The average Bonchev–Trinajstić information content (AvgIpc) is 2.62. The summed E-state index contributed by atoms with van der Waals surface area (Å²) in [6.07, 6.45) is 0. The van der Waals surface area contributed by atoms with Gasteiger partial charge in [0.1, 0.15) is 0 Å². The molecule has 1 N–H and O–H groups in total. The summed E-state index contributed by atoms with van der Waals surface area (Å²) in [6.45, 7) is 1.29. The van der Waals surface area contributed by atoms with Crippen LogP contribution < -0.4 is 4.90 Å². The molecule has 0 aliphatic carbocycles. The maximum absolute atomic E-state index is 10.6. The maximum atomic E-state index is 10.6. The number of thiazole rings is 1. The number of carboxylic acids is 1. The van der Waals surface area contributed by atoms with Crippen LogP contribution >= 0.6 is 23.7 Å². The first-order chi connectivity index (χ1) is 6.65. The summed E-state index contributed by atoms with van der Waals surface area (Å²) in [4.78, 5) is 16.4. The summed E-state index contributed by atoms with van der Waals surface area (Å²) >= 11 is 1.31. The minimum atomic E-state index is -0.993. The lowest BCUT2D eigenvalue weighted by molar-refractivity contribution is 0.0691. The van der Waals surface area contributed by atoms with Gasteiger partial charge < -0.3 is 14.7 Å². The number of methoxy groups -OCH3 is 1. The van der Waals surface area contributed by atoms with Crippen molar-refractivity contribution in [1.29, 1.82) is 0 Å². The number of carboxylic acid groups (broad SMARTS) is 1. The Hall–Kier alpha value is -0.850. The number of rotatable bonds is 5. The molecule has 5 nitrogen and oxygen atoms in total. The van der Waals surface area contributed by atoms with Gasteiger partial charge in [-0.3, -0.25) is 0 Å². The number of carbonyl (C=O) groups is 1. The fourth-order valence-corrected chi connectivity index (χ4v) is 1.65. The molecule has 0 saturated heterocycles. The van der Waals surface area contributed by atoms with Gasteiger partial charge in [-0.25, -0.2) is 9.78 Å². The topological polar surface area (TPSA) is 62.7 Å². The molecule has 1 rings (SSSR count). The fourth-order valence-electron chi connectivity index (χ4n) is 0.862. The van der Waals surface area contributed by atoms with Crippen molar-refractivity contribution in [3.8, 4) is 0 Å². The van der Waals surface area contributed by atoms with E-state index in [0.29, 0.717) is 18.3 Å². The van der Waals surface area contributed by atoms with Crippen LogP contribution in [0.25, 0.3) is 0 Å². The Morgan fingerprint density at radius 2 is 2.40 bits per heavy atom. The van der Waals surface area contributed by atoms with Gasteiger partial charge in [0, 0.05) is 26.1 Å². The van der Waals surface area contributed by atoms with Gasteiger partial charge in [0.05, 0.1) is 6.61 Å². The molecule has 0 aliphatic rings. The van der Waals surface area contributed by atoms with Crippen LogP contribution in [0.5, 0.6) is 0 Å². The molecule has 7 heteroatoms. The fraction of sp³-hybridized carbons (Fsp3) is 0.500. The van der Waals surface area contributed by atoms with Crippen molar-refractivity contribution in [2.45, 2.75) is 0 Å². The molecular weight excluding hydrogens is 240 g/mol. The smallest absolute Gasteiger partial charge is 0.355 e. The zero-order chi connectivity index (χ0) is 10.6. The Bertz CT molecular complexity index is 319. The minimum absolute atomic E-state index is 0. The number of anilines is 1. The van der Waals surface area contributed by atoms with Gasteiger partial charge in [-0.1, -0.05) is 0 Å². The van der Waals surface area contributed by atoms with E-state index in [4.69, 9.17) is 9.84 Å². The highest BCUT2D eigenvalue weighted by atomic mass is 35.5. The molecule has 0 spiro atoms. The van der Waals surface area contributed by atoms with Crippen LogP contribution in [0.2, 0.25) is 0 Å². The van der Waals surface area contributed by atoms with Crippen LogP contribution in [0, 0.1) is 0 Å². The Morgan fingerprint density at radius 1 is 1.73 bits per heavy atom. The van der Waals surface area contributed by atoms with E-state index >= 15 is 0 Å². The second kappa shape index (κ2) is 6.60. The summed E-state index contributed by atoms with van der Waals surface area (Å²) in [7, 11) is 3.47. The van der Waals surface area contributed by atoms with E-state index in [9.17, 15) is 4.79 Å². The second-order valence-electron chi connectivity index (χ2n) is 2.73. The van der Waals surface area contributed by atoms with Gasteiger partial charge in [0.25, 0.3) is 0 Å². The van der Waals surface area contributed by atoms with Crippen molar-refractivity contribution in [3.63, 3.8) is 0 Å². The van der Waals surface area contributed by atoms with E-state index in [1.54, 1.807) is 7.11 Å². The summed E-state index contributed by atoms with van der Waals surface area (Å²) in [5.41, 5.74) is 0.0919. The third-order valence-electron chi connectivity index (χ3n) is 1.67. The third-order valence-corrected chi connectivity index (χ3v) is 2.62. The van der Waals surface area contributed by atoms with Crippen molar-refractivity contribution < 1.29 is 14.6 Å². The largest absolute Gasteiger partial charge is 0.476 e. The van der Waals surface area contributed by atoms with Crippen LogP contribution in [0.1, 0.15) is 10.5 Å². The highest BCUT2D eigenvalue weighted by Crippen LogP contribution is 2.18. The van der Waals surface area contributed by atoms with Gasteiger partial charge >= 0.3 is 5.97 Å². The lowest BCUT2D eigenvalue weighted by atomic mass is 10.5. The lowest BCUT2D eigenvalue weighted by Crippen LogP contribution is -2.21. The quantitative estimate of drug-likeness (QED) is 0.857. The summed E-state index contributed by atoms with van der Waals surface area (Å²) in [6, 6.07) is 0. The highest BCUT2D eigenvalue weighted by Gasteiger charge is 2.10. The van der Waals surface area contributed by atoms with E-state index in [0.717, 1.165) is 0 Å². The molecule has 0 saturated carbocycles. The number of hydrogen-bond donors (Lipinski definition) is 1. The predicted octanol–water partition coefficient (Wildman–Crippen LogP) is 1.35. The molecule has 0 aliphatic heterocycles. The average molecular weight is 253 g/mol. The molecule has 0 fully saturated rings. The number of halogens is 1. The van der Waals surface area contributed by atoms with Crippen molar-refractivity contribution in [3.05, 3.63) is 11.1 Å². The van der Waals surface area contributed by atoms with Gasteiger partial charge in [0.2, 0.25) is 0 Å². The van der Waals surface area contributed by atoms with Crippen LogP contribution in [0.15, 0.2) is 5.38 Å². The Kier molecular flexibility index (Phi) is 6.23. The number of nitrogens with zero attached hydrogens (tertiary/aromatic N) is 2. The molecule has 0 bridgehead atoms. The molecule has 0 amide bonds. The van der Waals surface area contributed by atoms with E-state index in [2.05, 4.69) is 4.98 Å². The monoisotopic (exact) mass is 252 g/mol. The van der Waals surface area contributed by atoms with Crippen molar-refractivity contribution in [2.24, 2.45) is 0 Å². The maximum Gasteiger partial charge on any atom is 0.355 e. The van der Waals surface area contributed by atoms with Gasteiger partial charge in [-0.05, 0) is 0 Å². The van der Waals surface area contributed by atoms with Crippen molar-refractivity contribution in [1.82, 2.24) is 4.98 Å². The minimum Gasteiger partial charge on any atom is -0.476 e. The Balaban J connectivity index is 0.00000196. The highest BCUT2D eigenvalue weighted by molar-refractivity contribution is 7.13.